The summed E-state index contributed by atoms with van der Waals surface area (Å²) in [6, 6.07) is 12.2. The number of hydrogen-bond donors (Lipinski definition) is 2. The van der Waals surface area contributed by atoms with Gasteiger partial charge in [-0.05, 0) is 88.2 Å². The predicted octanol–water partition coefficient (Wildman–Crippen LogP) is 4.59. The normalized spacial score (nSPS) is 20.5. The summed E-state index contributed by atoms with van der Waals surface area (Å²) in [7, 11) is 1.87. The molecule has 2 N–H and O–H groups in total. The first kappa shape index (κ1) is 41.4. The van der Waals surface area contributed by atoms with Crippen molar-refractivity contribution in [1.82, 2.24) is 44.7 Å². The van der Waals surface area contributed by atoms with Gasteiger partial charge in [0.15, 0.2) is 5.01 Å². The van der Waals surface area contributed by atoms with Crippen LogP contribution in [0, 0.1) is 23.2 Å². The van der Waals surface area contributed by atoms with Crippen LogP contribution in [0.25, 0.3) is 27.4 Å². The van der Waals surface area contributed by atoms with E-state index in [0.29, 0.717) is 41.5 Å². The fraction of sp³-hybridized carbons (Fsp3) is 0.435. The Morgan fingerprint density at radius 2 is 1.69 bits per heavy atom. The van der Waals surface area contributed by atoms with Crippen molar-refractivity contribution in [3.63, 3.8) is 0 Å². The lowest BCUT2D eigenvalue weighted by molar-refractivity contribution is -0.138. The average molecular weight is 881 g/mol. The van der Waals surface area contributed by atoms with Crippen LogP contribution in [0.3, 0.4) is 0 Å². The summed E-state index contributed by atoms with van der Waals surface area (Å²) in [5.41, 5.74) is 4.34. The first-order chi connectivity index (χ1) is 31.2. The third kappa shape index (κ3) is 7.66. The first-order valence-corrected chi connectivity index (χ1v) is 23.0. The van der Waals surface area contributed by atoms with Crippen molar-refractivity contribution in [3.05, 3.63) is 76.7 Å². The highest BCUT2D eigenvalue weighted by Crippen LogP contribution is 2.39. The Bertz CT molecular complexity index is 2720. The Kier molecular flexibility index (Phi) is 11.1. The van der Waals surface area contributed by atoms with Gasteiger partial charge in [-0.3, -0.25) is 38.8 Å². The third-order valence-electron chi connectivity index (χ3n) is 13.7. The maximum atomic E-state index is 13.8. The lowest BCUT2D eigenvalue weighted by Gasteiger charge is -2.40. The first-order valence-electron chi connectivity index (χ1n) is 22.2. The van der Waals surface area contributed by atoms with Gasteiger partial charge in [0.25, 0.3) is 11.8 Å². The van der Waals surface area contributed by atoms with Gasteiger partial charge in [-0.1, -0.05) is 17.4 Å². The van der Waals surface area contributed by atoms with Gasteiger partial charge in [0.2, 0.25) is 17.7 Å². The van der Waals surface area contributed by atoms with Crippen molar-refractivity contribution < 1.29 is 24.0 Å². The highest BCUT2D eigenvalue weighted by molar-refractivity contribution is 7.14. The van der Waals surface area contributed by atoms with Crippen molar-refractivity contribution in [2.45, 2.75) is 63.3 Å². The van der Waals surface area contributed by atoms with E-state index in [4.69, 9.17) is 4.98 Å². The molecule has 1 aromatic carbocycles. The van der Waals surface area contributed by atoms with E-state index >= 15 is 0 Å². The van der Waals surface area contributed by atoms with Gasteiger partial charge in [-0.2, -0.15) is 5.26 Å². The molecule has 0 spiro atoms. The molecular weight excluding hydrogens is 833 g/mol. The Balaban J connectivity index is 0.688. The number of nitriles is 1. The monoisotopic (exact) mass is 880 g/mol. The number of imide groups is 2. The molecule has 0 bridgehead atoms. The van der Waals surface area contributed by atoms with Crippen LogP contribution < -0.4 is 15.5 Å². The van der Waals surface area contributed by atoms with E-state index in [9.17, 15) is 29.2 Å². The largest absolute Gasteiger partial charge is 0.387 e. The van der Waals surface area contributed by atoms with Gasteiger partial charge in [0.1, 0.15) is 28.6 Å². The van der Waals surface area contributed by atoms with E-state index < -0.39 is 29.7 Å². The number of piperidine rings is 4. The highest BCUT2D eigenvalue weighted by atomic mass is 32.1. The number of carbonyl (C=O) groups is 5. The molecule has 0 saturated carbocycles. The van der Waals surface area contributed by atoms with Crippen molar-refractivity contribution in [3.8, 4) is 22.5 Å². The molecule has 1 atom stereocenters. The second-order valence-corrected chi connectivity index (χ2v) is 18.5. The number of benzene rings is 1. The van der Waals surface area contributed by atoms with Crippen LogP contribution in [0.5, 0.6) is 0 Å². The van der Waals surface area contributed by atoms with Gasteiger partial charge < -0.3 is 20.0 Å². The maximum Gasteiger partial charge on any atom is 0.264 e. The summed E-state index contributed by atoms with van der Waals surface area (Å²) in [6.45, 7) is 5.69. The second-order valence-electron chi connectivity index (χ2n) is 17.5. The quantitative estimate of drug-likeness (QED) is 0.195. The molecule has 9 heterocycles. The molecule has 0 radical (unpaired) electrons. The van der Waals surface area contributed by atoms with Gasteiger partial charge in [0.05, 0.1) is 27.9 Å². The molecule has 328 valence electrons. The van der Waals surface area contributed by atoms with E-state index in [1.165, 1.54) is 0 Å². The zero-order valence-electron chi connectivity index (χ0n) is 35.5. The van der Waals surface area contributed by atoms with Gasteiger partial charge >= 0.3 is 0 Å². The number of aromatic nitrogens is 5. The van der Waals surface area contributed by atoms with Crippen molar-refractivity contribution in [1.29, 1.82) is 5.26 Å². The molecule has 0 aliphatic carbocycles. The number of rotatable bonds is 9. The lowest BCUT2D eigenvalue weighted by atomic mass is 9.90. The van der Waals surface area contributed by atoms with Gasteiger partial charge in [-0.25, -0.2) is 9.97 Å². The maximum absolute atomic E-state index is 13.8. The fourth-order valence-corrected chi connectivity index (χ4v) is 11.2. The Morgan fingerprint density at radius 3 is 2.44 bits per heavy atom. The van der Waals surface area contributed by atoms with Crippen LogP contribution in [0.15, 0.2) is 55.0 Å². The second kappa shape index (κ2) is 17.2. The molecule has 4 fully saturated rings. The van der Waals surface area contributed by atoms with Crippen LogP contribution in [0.4, 0.5) is 11.4 Å². The fourth-order valence-electron chi connectivity index (χ4n) is 10.2. The topological polar surface area (TPSA) is 203 Å². The summed E-state index contributed by atoms with van der Waals surface area (Å²) < 4.78 is 1.90. The molecular formula is C46H48N12O5S. The molecule has 10 rings (SSSR count). The Hall–Kier alpha value is -6.58. The van der Waals surface area contributed by atoms with E-state index in [1.807, 2.05) is 48.3 Å². The van der Waals surface area contributed by atoms with E-state index in [0.717, 1.165) is 114 Å². The standard InChI is InChI=1S/C46H48N12O5S/c1-48-34-22-37(57-20-13-31-21-28(23-47)24-50-40(31)57)49-25-33(34)43-53-52-42(64-43)29-11-18-56(19-12-29)44(61)30-9-14-54(15-10-30)26-27-7-16-55(17-8-27)35-4-2-3-32-39(35)46(63)58(45(32)62)36-5-6-38(59)51-41(36)60/h2-4,13,20-22,24-25,27,29-30,36H,5-12,14-19,26H2,1H3,(H,48,49)(H,51,59,60). The van der Waals surface area contributed by atoms with Crippen LogP contribution in [0.2, 0.25) is 0 Å². The van der Waals surface area contributed by atoms with Crippen molar-refractivity contribution in [2.24, 2.45) is 11.8 Å². The zero-order valence-corrected chi connectivity index (χ0v) is 36.4. The summed E-state index contributed by atoms with van der Waals surface area (Å²) in [4.78, 5) is 82.1. The number of anilines is 2. The number of carbonyl (C=O) groups excluding carboxylic acids is 5. The smallest absolute Gasteiger partial charge is 0.264 e. The number of nitrogens with zero attached hydrogens (tertiary/aromatic N) is 10. The summed E-state index contributed by atoms with van der Waals surface area (Å²) in [5, 5.41) is 26.6. The zero-order chi connectivity index (χ0) is 44.1. The lowest BCUT2D eigenvalue weighted by Crippen LogP contribution is -2.54. The molecule has 5 amide bonds. The number of hydrogen-bond acceptors (Lipinski definition) is 14. The minimum Gasteiger partial charge on any atom is -0.387 e. The summed E-state index contributed by atoms with van der Waals surface area (Å²) in [5.74, 6) is -0.232. The minimum atomic E-state index is -0.987. The van der Waals surface area contributed by atoms with E-state index in [1.54, 1.807) is 29.7 Å². The van der Waals surface area contributed by atoms with Crippen LogP contribution >= 0.6 is 11.3 Å². The Morgan fingerprint density at radius 1 is 0.891 bits per heavy atom. The number of nitrogens with one attached hydrogen (secondary N) is 2. The highest BCUT2D eigenvalue weighted by Gasteiger charge is 2.46. The van der Waals surface area contributed by atoms with Crippen molar-refractivity contribution in [2.75, 3.05) is 63.1 Å². The molecule has 4 aromatic heterocycles. The minimum absolute atomic E-state index is 0.0358. The van der Waals surface area contributed by atoms with Gasteiger partial charge in [-0.15, -0.1) is 10.2 Å². The third-order valence-corrected chi connectivity index (χ3v) is 14.9. The van der Waals surface area contributed by atoms with Crippen LogP contribution in [-0.4, -0.2) is 128 Å². The van der Waals surface area contributed by atoms with Gasteiger partial charge in [0, 0.05) is 93.8 Å². The van der Waals surface area contributed by atoms with Crippen molar-refractivity contribution >= 4 is 63.3 Å². The molecule has 5 aliphatic rings. The average Bonchev–Trinajstić information content (AvgIpc) is 4.06. The molecule has 5 aromatic rings. The van der Waals surface area contributed by atoms with Crippen LogP contribution in [-0.2, 0) is 14.4 Å². The van der Waals surface area contributed by atoms with E-state index in [-0.39, 0.29) is 30.6 Å². The molecule has 17 nitrogen and oxygen atoms in total. The Labute approximate surface area is 373 Å². The number of pyridine rings is 2. The number of likely N-dealkylation sites (tertiary alicyclic amines) is 2. The molecule has 5 aliphatic heterocycles. The molecule has 64 heavy (non-hydrogen) atoms. The molecule has 18 heteroatoms. The summed E-state index contributed by atoms with van der Waals surface area (Å²) >= 11 is 1.58. The molecule has 4 saturated heterocycles. The molecule has 1 unspecified atom stereocenters. The SMILES string of the molecule is CNc1cc(-n2ccc3cc(C#N)cnc32)ncc1-c1nnc(C2CCN(C(=O)C3CCN(CC4CCN(c5cccc6c5C(=O)N(C5CCC(=O)NC5=O)C6=O)CC4)CC3)CC2)s1. The van der Waals surface area contributed by atoms with E-state index in [2.05, 4.69) is 46.6 Å². The number of amides is 5. The summed E-state index contributed by atoms with van der Waals surface area (Å²) in [6.07, 6.45) is 10.8. The van der Waals surface area contributed by atoms with Crippen LogP contribution in [0.1, 0.15) is 88.6 Å². The number of fused-ring (bicyclic) bond motifs is 2. The predicted molar refractivity (Wildman–Crippen MR) is 238 cm³/mol.